The van der Waals surface area contributed by atoms with E-state index >= 15 is 0 Å². The minimum atomic E-state index is -0.857. The van der Waals surface area contributed by atoms with Gasteiger partial charge in [0, 0.05) is 12.3 Å². The van der Waals surface area contributed by atoms with E-state index in [9.17, 15) is 15.0 Å². The molecule has 0 amide bonds. The molecule has 0 radical (unpaired) electrons. The number of hydrogen-bond donors (Lipinski definition) is 3. The van der Waals surface area contributed by atoms with Crippen molar-refractivity contribution in [1.82, 2.24) is 0 Å². The minimum Gasteiger partial charge on any atom is -0.481 e. The molecule has 4 heteroatoms. The number of aliphatic hydroxyl groups excluding tert-OH is 2. The van der Waals surface area contributed by atoms with Gasteiger partial charge in [-0.25, -0.2) is 0 Å². The van der Waals surface area contributed by atoms with Gasteiger partial charge in [-0.2, -0.15) is 0 Å². The zero-order valence-corrected chi connectivity index (χ0v) is 11.2. The van der Waals surface area contributed by atoms with Crippen LogP contribution in [0.5, 0.6) is 0 Å². The molecule has 19 heavy (non-hydrogen) atoms. The molecule has 0 spiro atoms. The molecule has 1 rings (SSSR count). The van der Waals surface area contributed by atoms with E-state index in [4.69, 9.17) is 5.11 Å². The Morgan fingerprint density at radius 3 is 2.37 bits per heavy atom. The Hall–Kier alpha value is -1.39. The summed E-state index contributed by atoms with van der Waals surface area (Å²) in [5.41, 5.74) is 1.03. The minimum absolute atomic E-state index is 0.0541. The molecule has 0 aliphatic carbocycles. The van der Waals surface area contributed by atoms with Gasteiger partial charge < -0.3 is 15.3 Å². The Balaban J connectivity index is 2.38. The van der Waals surface area contributed by atoms with Gasteiger partial charge >= 0.3 is 5.97 Å². The van der Waals surface area contributed by atoms with E-state index in [1.807, 2.05) is 30.3 Å². The lowest BCUT2D eigenvalue weighted by molar-refractivity contribution is -0.137. The largest absolute Gasteiger partial charge is 0.481 e. The molecule has 106 valence electrons. The highest BCUT2D eigenvalue weighted by Crippen LogP contribution is 2.18. The van der Waals surface area contributed by atoms with Crippen LogP contribution in [0.4, 0.5) is 0 Å². The molecule has 0 aromatic heterocycles. The summed E-state index contributed by atoms with van der Waals surface area (Å²) < 4.78 is 0. The zero-order valence-electron chi connectivity index (χ0n) is 11.2. The van der Waals surface area contributed by atoms with E-state index < -0.39 is 18.2 Å². The van der Waals surface area contributed by atoms with Crippen molar-refractivity contribution in [3.8, 4) is 0 Å². The van der Waals surface area contributed by atoms with Crippen LogP contribution in [0.3, 0.4) is 0 Å². The summed E-state index contributed by atoms with van der Waals surface area (Å²) in [6, 6.07) is 9.62. The van der Waals surface area contributed by atoms with Gasteiger partial charge in [-0.3, -0.25) is 4.79 Å². The van der Waals surface area contributed by atoms with Gasteiger partial charge in [-0.15, -0.1) is 0 Å². The summed E-state index contributed by atoms with van der Waals surface area (Å²) in [6.45, 7) is 1.79. The van der Waals surface area contributed by atoms with E-state index in [1.54, 1.807) is 6.92 Å². The fraction of sp³-hybridized carbons (Fsp3) is 0.533. The first-order valence-electron chi connectivity index (χ1n) is 6.62. The molecule has 0 bridgehead atoms. The average Bonchev–Trinajstić information content (AvgIpc) is 2.38. The third-order valence-electron chi connectivity index (χ3n) is 3.39. The highest BCUT2D eigenvalue weighted by molar-refractivity contribution is 5.66. The summed E-state index contributed by atoms with van der Waals surface area (Å²) in [5, 5.41) is 28.5. The van der Waals surface area contributed by atoms with Crippen molar-refractivity contribution in [1.29, 1.82) is 0 Å². The first-order valence-corrected chi connectivity index (χ1v) is 6.62. The normalized spacial score (nSPS) is 15.7. The van der Waals surface area contributed by atoms with Crippen LogP contribution in [-0.4, -0.2) is 33.5 Å². The molecular formula is C15H22O4. The highest BCUT2D eigenvalue weighted by atomic mass is 16.4. The Morgan fingerprint density at radius 2 is 1.79 bits per heavy atom. The number of carboxylic acid groups (broad SMARTS) is 1. The standard InChI is InChI=1S/C15H22O4/c1-11(13(16)8-5-9-15(18)19)14(17)10-12-6-3-2-4-7-12/h2-4,6-7,11,13-14,16-17H,5,8-10H2,1H3,(H,18,19). The van der Waals surface area contributed by atoms with Crippen molar-refractivity contribution in [2.24, 2.45) is 5.92 Å². The molecule has 1 aromatic carbocycles. The van der Waals surface area contributed by atoms with Gasteiger partial charge in [0.15, 0.2) is 0 Å². The summed E-state index contributed by atoms with van der Waals surface area (Å²) in [7, 11) is 0. The molecule has 0 fully saturated rings. The van der Waals surface area contributed by atoms with Crippen LogP contribution in [0.25, 0.3) is 0 Å². The lowest BCUT2D eigenvalue weighted by Gasteiger charge is -2.24. The summed E-state index contributed by atoms with van der Waals surface area (Å²) in [6.07, 6.45) is 0.0923. The quantitative estimate of drug-likeness (QED) is 0.671. The second-order valence-corrected chi connectivity index (χ2v) is 4.97. The van der Waals surface area contributed by atoms with Crippen LogP contribution in [0.1, 0.15) is 31.7 Å². The molecule has 1 aromatic rings. The maximum atomic E-state index is 10.4. The molecular weight excluding hydrogens is 244 g/mol. The molecule has 4 nitrogen and oxygen atoms in total. The predicted octanol–water partition coefficient (Wildman–Crippen LogP) is 1.84. The molecule has 0 aliphatic rings. The summed E-state index contributed by atoms with van der Waals surface area (Å²) in [5.74, 6) is -1.13. The number of rotatable bonds is 8. The predicted molar refractivity (Wildman–Crippen MR) is 72.8 cm³/mol. The van der Waals surface area contributed by atoms with Gasteiger partial charge in [0.05, 0.1) is 12.2 Å². The second kappa shape index (κ2) is 7.92. The van der Waals surface area contributed by atoms with Crippen LogP contribution in [-0.2, 0) is 11.2 Å². The first-order chi connectivity index (χ1) is 9.00. The number of benzene rings is 1. The second-order valence-electron chi connectivity index (χ2n) is 4.97. The third-order valence-corrected chi connectivity index (χ3v) is 3.39. The van der Waals surface area contributed by atoms with Gasteiger partial charge in [0.2, 0.25) is 0 Å². The topological polar surface area (TPSA) is 77.8 Å². The van der Waals surface area contributed by atoms with E-state index in [0.29, 0.717) is 19.3 Å². The van der Waals surface area contributed by atoms with Crippen molar-refractivity contribution in [2.75, 3.05) is 0 Å². The molecule has 3 atom stereocenters. The van der Waals surface area contributed by atoms with E-state index in [0.717, 1.165) is 5.56 Å². The smallest absolute Gasteiger partial charge is 0.303 e. The maximum Gasteiger partial charge on any atom is 0.303 e. The van der Waals surface area contributed by atoms with Crippen molar-refractivity contribution in [3.63, 3.8) is 0 Å². The van der Waals surface area contributed by atoms with Gasteiger partial charge in [-0.1, -0.05) is 37.3 Å². The van der Waals surface area contributed by atoms with Crippen molar-refractivity contribution < 1.29 is 20.1 Å². The number of carbonyl (C=O) groups is 1. The fourth-order valence-electron chi connectivity index (χ4n) is 2.02. The van der Waals surface area contributed by atoms with Crippen LogP contribution in [0, 0.1) is 5.92 Å². The number of hydrogen-bond acceptors (Lipinski definition) is 3. The van der Waals surface area contributed by atoms with E-state index in [2.05, 4.69) is 0 Å². The Kier molecular flexibility index (Phi) is 6.53. The number of carboxylic acids is 1. The van der Waals surface area contributed by atoms with Gasteiger partial charge in [0.25, 0.3) is 0 Å². The molecule has 0 aliphatic heterocycles. The Morgan fingerprint density at radius 1 is 1.16 bits per heavy atom. The van der Waals surface area contributed by atoms with Crippen molar-refractivity contribution in [2.45, 2.75) is 44.8 Å². The van der Waals surface area contributed by atoms with Crippen molar-refractivity contribution in [3.05, 3.63) is 35.9 Å². The molecule has 0 heterocycles. The van der Waals surface area contributed by atoms with Crippen molar-refractivity contribution >= 4 is 5.97 Å². The van der Waals surface area contributed by atoms with Crippen LogP contribution < -0.4 is 0 Å². The van der Waals surface area contributed by atoms with Crippen LogP contribution in [0.15, 0.2) is 30.3 Å². The van der Waals surface area contributed by atoms with Crippen LogP contribution >= 0.6 is 0 Å². The van der Waals surface area contributed by atoms with Gasteiger partial charge in [0.1, 0.15) is 0 Å². The average molecular weight is 266 g/mol. The fourth-order valence-corrected chi connectivity index (χ4v) is 2.02. The summed E-state index contributed by atoms with van der Waals surface area (Å²) >= 11 is 0. The van der Waals surface area contributed by atoms with E-state index in [-0.39, 0.29) is 12.3 Å². The summed E-state index contributed by atoms with van der Waals surface area (Å²) in [4.78, 5) is 10.4. The Bertz CT molecular complexity index is 377. The number of aliphatic hydroxyl groups is 2. The molecule has 0 saturated heterocycles. The maximum absolute atomic E-state index is 10.4. The number of aliphatic carboxylic acids is 1. The zero-order chi connectivity index (χ0) is 14.3. The monoisotopic (exact) mass is 266 g/mol. The third kappa shape index (κ3) is 5.85. The Labute approximate surface area is 113 Å². The molecule has 0 saturated carbocycles. The first kappa shape index (κ1) is 15.7. The lowest BCUT2D eigenvalue weighted by atomic mass is 9.90. The van der Waals surface area contributed by atoms with E-state index in [1.165, 1.54) is 0 Å². The lowest BCUT2D eigenvalue weighted by Crippen LogP contribution is -2.31. The molecule has 3 N–H and O–H groups in total. The highest BCUT2D eigenvalue weighted by Gasteiger charge is 2.22. The van der Waals surface area contributed by atoms with Gasteiger partial charge in [-0.05, 0) is 24.8 Å². The molecule has 3 unspecified atom stereocenters. The van der Waals surface area contributed by atoms with Crippen LogP contribution in [0.2, 0.25) is 0 Å². The SMILES string of the molecule is CC(C(O)CCCC(=O)O)C(O)Cc1ccccc1.